The van der Waals surface area contributed by atoms with Crippen molar-refractivity contribution < 1.29 is 4.52 Å². The first kappa shape index (κ1) is 11.1. The molecule has 2 N–H and O–H groups in total. The van der Waals surface area contributed by atoms with Crippen LogP contribution in [0.2, 0.25) is 0 Å². The first-order valence-electron chi connectivity index (χ1n) is 4.79. The molecule has 0 fully saturated rings. The molecule has 0 aliphatic carbocycles. The number of rotatable bonds is 5. The van der Waals surface area contributed by atoms with Crippen LogP contribution in [0.5, 0.6) is 0 Å². The molecule has 0 aliphatic rings. The zero-order valence-corrected chi connectivity index (χ0v) is 9.00. The van der Waals surface area contributed by atoms with E-state index in [-0.39, 0.29) is 5.54 Å². The highest BCUT2D eigenvalue weighted by Crippen LogP contribution is 1.96. The Bertz CT molecular complexity index is 240. The van der Waals surface area contributed by atoms with E-state index in [9.17, 15) is 0 Å². The Kier molecular flexibility index (Phi) is 4.03. The predicted octanol–water partition coefficient (Wildman–Crippen LogP) is 0.547. The number of nitrogens with one attached hydrogen (secondary N) is 2. The average Bonchev–Trinajstić information content (AvgIpc) is 2.54. The van der Waals surface area contributed by atoms with Crippen LogP contribution in [0.3, 0.4) is 0 Å². The molecule has 80 valence electrons. The van der Waals surface area contributed by atoms with Crippen molar-refractivity contribution in [3.63, 3.8) is 0 Å². The van der Waals surface area contributed by atoms with Gasteiger partial charge in [0.05, 0.1) is 6.54 Å². The molecule has 5 nitrogen and oxygen atoms in total. The minimum Gasteiger partial charge on any atom is -0.343 e. The monoisotopic (exact) mass is 198 g/mol. The van der Waals surface area contributed by atoms with Crippen LogP contribution in [0.4, 0.5) is 0 Å². The molecule has 1 aromatic heterocycles. The number of hydrogen-bond donors (Lipinski definition) is 2. The quantitative estimate of drug-likeness (QED) is 0.676. The van der Waals surface area contributed by atoms with Crippen molar-refractivity contribution in [1.82, 2.24) is 20.8 Å². The lowest BCUT2D eigenvalue weighted by molar-refractivity contribution is 0.402. The van der Waals surface area contributed by atoms with E-state index in [0.717, 1.165) is 13.1 Å². The Balaban J connectivity index is 2.00. The van der Waals surface area contributed by atoms with Gasteiger partial charge in [-0.2, -0.15) is 4.98 Å². The maximum atomic E-state index is 4.61. The lowest BCUT2D eigenvalue weighted by Gasteiger charge is -2.20. The smallest absolute Gasteiger partial charge is 0.213 e. The third-order valence-electron chi connectivity index (χ3n) is 1.65. The van der Waals surface area contributed by atoms with Crippen molar-refractivity contribution in [3.8, 4) is 0 Å². The highest BCUT2D eigenvalue weighted by atomic mass is 16.5. The Hall–Kier alpha value is -0.940. The van der Waals surface area contributed by atoms with Gasteiger partial charge in [0, 0.05) is 18.6 Å². The molecule has 0 atom stereocenters. The number of aromatic nitrogens is 2. The van der Waals surface area contributed by atoms with Gasteiger partial charge in [0.2, 0.25) is 6.39 Å². The fourth-order valence-electron chi connectivity index (χ4n) is 0.996. The number of hydrogen-bond acceptors (Lipinski definition) is 5. The summed E-state index contributed by atoms with van der Waals surface area (Å²) in [5.41, 5.74) is 0.174. The standard InChI is InChI=1S/C9H18N4O/c1-9(2,3)12-5-4-10-6-8-11-7-14-13-8/h7,10,12H,4-6H2,1-3H3. The molecular weight excluding hydrogens is 180 g/mol. The van der Waals surface area contributed by atoms with Crippen LogP contribution >= 0.6 is 0 Å². The maximum Gasteiger partial charge on any atom is 0.213 e. The molecule has 0 aromatic carbocycles. The van der Waals surface area contributed by atoms with Gasteiger partial charge in [-0.3, -0.25) is 0 Å². The molecule has 0 saturated heterocycles. The first-order chi connectivity index (χ1) is 6.58. The summed E-state index contributed by atoms with van der Waals surface area (Å²) in [6.07, 6.45) is 1.34. The summed E-state index contributed by atoms with van der Waals surface area (Å²) < 4.78 is 4.61. The van der Waals surface area contributed by atoms with Crippen molar-refractivity contribution in [2.45, 2.75) is 32.9 Å². The van der Waals surface area contributed by atoms with Gasteiger partial charge in [0.15, 0.2) is 5.82 Å². The largest absolute Gasteiger partial charge is 0.343 e. The van der Waals surface area contributed by atoms with E-state index in [0.29, 0.717) is 12.4 Å². The molecule has 0 unspecified atom stereocenters. The fourth-order valence-corrected chi connectivity index (χ4v) is 0.996. The van der Waals surface area contributed by atoms with E-state index in [1.807, 2.05) is 0 Å². The third-order valence-corrected chi connectivity index (χ3v) is 1.65. The summed E-state index contributed by atoms with van der Waals surface area (Å²) in [4.78, 5) is 3.90. The first-order valence-corrected chi connectivity index (χ1v) is 4.79. The lowest BCUT2D eigenvalue weighted by Crippen LogP contribution is -2.40. The summed E-state index contributed by atoms with van der Waals surface area (Å²) in [5, 5.41) is 10.3. The van der Waals surface area contributed by atoms with Crippen LogP contribution in [0.1, 0.15) is 26.6 Å². The van der Waals surface area contributed by atoms with Crippen LogP contribution in [-0.2, 0) is 6.54 Å². The Morgan fingerprint density at radius 1 is 1.36 bits per heavy atom. The van der Waals surface area contributed by atoms with Gasteiger partial charge < -0.3 is 15.2 Å². The Morgan fingerprint density at radius 3 is 2.71 bits per heavy atom. The maximum absolute atomic E-state index is 4.61. The molecule has 5 heteroatoms. The molecular formula is C9H18N4O. The molecule has 0 amide bonds. The number of nitrogens with zero attached hydrogens (tertiary/aromatic N) is 2. The Labute approximate surface area is 84.3 Å². The Morgan fingerprint density at radius 2 is 2.14 bits per heavy atom. The molecule has 1 rings (SSSR count). The van der Waals surface area contributed by atoms with Gasteiger partial charge in [-0.05, 0) is 20.8 Å². The van der Waals surface area contributed by atoms with Crippen LogP contribution in [-0.4, -0.2) is 28.8 Å². The second kappa shape index (κ2) is 5.07. The van der Waals surface area contributed by atoms with Crippen LogP contribution in [0.25, 0.3) is 0 Å². The van der Waals surface area contributed by atoms with E-state index in [4.69, 9.17) is 0 Å². The molecule has 14 heavy (non-hydrogen) atoms. The van der Waals surface area contributed by atoms with Gasteiger partial charge >= 0.3 is 0 Å². The molecule has 0 saturated carbocycles. The lowest BCUT2D eigenvalue weighted by atomic mass is 10.1. The summed E-state index contributed by atoms with van der Waals surface area (Å²) in [6.45, 7) is 8.92. The van der Waals surface area contributed by atoms with Gasteiger partial charge in [-0.15, -0.1) is 0 Å². The second-order valence-electron chi connectivity index (χ2n) is 4.20. The van der Waals surface area contributed by atoms with E-state index in [2.05, 4.69) is 46.1 Å². The molecule has 0 bridgehead atoms. The van der Waals surface area contributed by atoms with Crippen molar-refractivity contribution in [2.24, 2.45) is 0 Å². The van der Waals surface area contributed by atoms with Crippen LogP contribution in [0, 0.1) is 0 Å². The topological polar surface area (TPSA) is 63.0 Å². The van der Waals surface area contributed by atoms with Gasteiger partial charge in [-0.25, -0.2) is 0 Å². The average molecular weight is 198 g/mol. The summed E-state index contributed by atoms with van der Waals surface area (Å²) >= 11 is 0. The molecule has 0 spiro atoms. The van der Waals surface area contributed by atoms with Gasteiger partial charge in [0.25, 0.3) is 0 Å². The van der Waals surface area contributed by atoms with Crippen LogP contribution < -0.4 is 10.6 Å². The summed E-state index contributed by atoms with van der Waals surface area (Å²) in [7, 11) is 0. The normalized spacial score (nSPS) is 11.9. The zero-order chi connectivity index (χ0) is 10.4. The highest BCUT2D eigenvalue weighted by molar-refractivity contribution is 4.76. The SMILES string of the molecule is CC(C)(C)NCCNCc1ncon1. The van der Waals surface area contributed by atoms with Crippen molar-refractivity contribution in [2.75, 3.05) is 13.1 Å². The predicted molar refractivity (Wildman–Crippen MR) is 53.8 cm³/mol. The molecule has 0 aliphatic heterocycles. The van der Waals surface area contributed by atoms with E-state index >= 15 is 0 Å². The van der Waals surface area contributed by atoms with Gasteiger partial charge in [0.1, 0.15) is 0 Å². The molecule has 1 aromatic rings. The van der Waals surface area contributed by atoms with Gasteiger partial charge in [-0.1, -0.05) is 5.16 Å². The van der Waals surface area contributed by atoms with Crippen molar-refractivity contribution in [1.29, 1.82) is 0 Å². The fraction of sp³-hybridized carbons (Fsp3) is 0.778. The minimum atomic E-state index is 0.174. The molecule has 1 heterocycles. The third kappa shape index (κ3) is 4.94. The highest BCUT2D eigenvalue weighted by Gasteiger charge is 2.06. The van der Waals surface area contributed by atoms with E-state index in [1.165, 1.54) is 6.39 Å². The minimum absolute atomic E-state index is 0.174. The summed E-state index contributed by atoms with van der Waals surface area (Å²) in [5.74, 6) is 0.695. The second-order valence-corrected chi connectivity index (χ2v) is 4.20. The van der Waals surface area contributed by atoms with Crippen LogP contribution in [0.15, 0.2) is 10.9 Å². The zero-order valence-electron chi connectivity index (χ0n) is 9.00. The van der Waals surface area contributed by atoms with E-state index in [1.54, 1.807) is 0 Å². The molecule has 0 radical (unpaired) electrons. The van der Waals surface area contributed by atoms with Crippen molar-refractivity contribution >= 4 is 0 Å². The van der Waals surface area contributed by atoms with Crippen molar-refractivity contribution in [3.05, 3.63) is 12.2 Å². The summed E-state index contributed by atoms with van der Waals surface area (Å²) in [6, 6.07) is 0. The van der Waals surface area contributed by atoms with E-state index < -0.39 is 0 Å².